The summed E-state index contributed by atoms with van der Waals surface area (Å²) >= 11 is 0. The Morgan fingerprint density at radius 1 is 1.04 bits per heavy atom. The Labute approximate surface area is 149 Å². The van der Waals surface area contributed by atoms with Gasteiger partial charge in [-0.05, 0) is 48.1 Å². The smallest absolute Gasteiger partial charge is 0.303 e. The number of ether oxygens (including phenoxy) is 2. The Morgan fingerprint density at radius 3 is 2.40 bits per heavy atom. The number of aryl methyl sites for hydroxylation is 2. The van der Waals surface area contributed by atoms with Gasteiger partial charge in [0, 0.05) is 6.42 Å². The van der Waals surface area contributed by atoms with Crippen molar-refractivity contribution in [2.45, 2.75) is 39.5 Å². The Morgan fingerprint density at radius 2 is 1.72 bits per heavy atom. The molecule has 1 N–H and O–H groups in total. The maximum absolute atomic E-state index is 10.8. The lowest BCUT2D eigenvalue weighted by molar-refractivity contribution is -0.136. The number of benzene rings is 2. The summed E-state index contributed by atoms with van der Waals surface area (Å²) in [6.07, 6.45) is 0.555. The molecular formula is C21H26O4. The molecule has 0 bridgehead atoms. The van der Waals surface area contributed by atoms with Gasteiger partial charge in [0.2, 0.25) is 0 Å². The molecule has 4 nitrogen and oxygen atoms in total. The first-order chi connectivity index (χ1) is 12.0. The average Bonchev–Trinajstić information content (AvgIpc) is 2.57. The van der Waals surface area contributed by atoms with Crippen molar-refractivity contribution < 1.29 is 19.4 Å². The summed E-state index contributed by atoms with van der Waals surface area (Å²) < 4.78 is 11.7. The Balaban J connectivity index is 1.92. The van der Waals surface area contributed by atoms with Crippen LogP contribution in [0.25, 0.3) is 0 Å². The molecule has 2 rings (SSSR count). The van der Waals surface area contributed by atoms with Crippen LogP contribution in [0.3, 0.4) is 0 Å². The third-order valence-corrected chi connectivity index (χ3v) is 3.97. The van der Waals surface area contributed by atoms with Crippen LogP contribution in [0.2, 0.25) is 0 Å². The molecule has 0 heterocycles. The molecule has 0 radical (unpaired) electrons. The van der Waals surface area contributed by atoms with E-state index in [-0.39, 0.29) is 6.42 Å². The summed E-state index contributed by atoms with van der Waals surface area (Å²) in [4.78, 5) is 10.8. The first-order valence-electron chi connectivity index (χ1n) is 8.63. The lowest BCUT2D eigenvalue weighted by Gasteiger charge is -2.16. The number of hydrogen-bond acceptors (Lipinski definition) is 3. The fourth-order valence-electron chi connectivity index (χ4n) is 2.64. The summed E-state index contributed by atoms with van der Waals surface area (Å²) in [5.74, 6) is 1.21. The number of rotatable bonds is 9. The molecule has 2 aromatic rings. The van der Waals surface area contributed by atoms with Gasteiger partial charge in [0.15, 0.2) is 0 Å². The average molecular weight is 342 g/mol. The van der Waals surface area contributed by atoms with Gasteiger partial charge >= 0.3 is 5.97 Å². The second kappa shape index (κ2) is 9.11. The predicted octanol–water partition coefficient (Wildman–Crippen LogP) is 4.59. The van der Waals surface area contributed by atoms with Gasteiger partial charge in [-0.25, -0.2) is 0 Å². The molecule has 0 aliphatic carbocycles. The molecule has 0 spiro atoms. The largest absolute Gasteiger partial charge is 0.490 e. The van der Waals surface area contributed by atoms with Crippen molar-refractivity contribution in [2.75, 3.05) is 13.2 Å². The molecule has 2 aromatic carbocycles. The topological polar surface area (TPSA) is 55.8 Å². The third kappa shape index (κ3) is 5.82. The fourth-order valence-corrected chi connectivity index (χ4v) is 2.64. The van der Waals surface area contributed by atoms with Gasteiger partial charge in [-0.3, -0.25) is 4.79 Å². The van der Waals surface area contributed by atoms with Crippen LogP contribution in [0.5, 0.6) is 11.5 Å². The third-order valence-electron chi connectivity index (χ3n) is 3.97. The second-order valence-electron chi connectivity index (χ2n) is 6.39. The molecule has 0 aliphatic rings. The van der Waals surface area contributed by atoms with Crippen LogP contribution in [-0.4, -0.2) is 24.3 Å². The summed E-state index contributed by atoms with van der Waals surface area (Å²) in [5, 5.41) is 8.84. The highest BCUT2D eigenvalue weighted by atomic mass is 16.5. The number of aliphatic carboxylic acids is 1. The zero-order valence-corrected chi connectivity index (χ0v) is 15.1. The van der Waals surface area contributed by atoms with Gasteiger partial charge in [0.05, 0.1) is 0 Å². The standard InChI is InChI=1S/C21H26O4/c1-15(2)18-10-8-16(3)14-20(18)25-13-12-24-19-7-5-4-6-17(19)9-11-21(22)23/h4-8,10,14-15H,9,11-13H2,1-3H3,(H,22,23). The van der Waals surface area contributed by atoms with Crippen LogP contribution < -0.4 is 9.47 Å². The number of carbonyl (C=O) groups is 1. The summed E-state index contributed by atoms with van der Waals surface area (Å²) in [6.45, 7) is 7.19. The van der Waals surface area contributed by atoms with Crippen LogP contribution in [0, 0.1) is 6.92 Å². The maximum atomic E-state index is 10.8. The highest BCUT2D eigenvalue weighted by Gasteiger charge is 2.09. The molecule has 134 valence electrons. The van der Waals surface area contributed by atoms with Crippen molar-refractivity contribution in [3.63, 3.8) is 0 Å². The minimum absolute atomic E-state index is 0.0952. The number of carboxylic acid groups (broad SMARTS) is 1. The molecule has 0 aliphatic heterocycles. The van der Waals surface area contributed by atoms with Crippen LogP contribution >= 0.6 is 0 Å². The first-order valence-corrected chi connectivity index (χ1v) is 8.63. The molecule has 0 atom stereocenters. The van der Waals surface area contributed by atoms with Crippen LogP contribution in [0.1, 0.15) is 42.9 Å². The quantitative estimate of drug-likeness (QED) is 0.677. The maximum Gasteiger partial charge on any atom is 0.303 e. The summed E-state index contributed by atoms with van der Waals surface area (Å²) in [6, 6.07) is 13.8. The van der Waals surface area contributed by atoms with Gasteiger partial charge in [-0.2, -0.15) is 0 Å². The molecule has 0 fully saturated rings. The van der Waals surface area contributed by atoms with Crippen molar-refractivity contribution >= 4 is 5.97 Å². The van der Waals surface area contributed by atoms with Gasteiger partial charge in [-0.15, -0.1) is 0 Å². The van der Waals surface area contributed by atoms with Crippen molar-refractivity contribution in [1.82, 2.24) is 0 Å². The minimum Gasteiger partial charge on any atom is -0.490 e. The number of hydrogen-bond donors (Lipinski definition) is 1. The van der Waals surface area contributed by atoms with E-state index in [9.17, 15) is 4.79 Å². The Kier molecular flexibility index (Phi) is 6.87. The van der Waals surface area contributed by atoms with E-state index in [1.807, 2.05) is 31.2 Å². The molecular weight excluding hydrogens is 316 g/mol. The molecule has 0 unspecified atom stereocenters. The molecule has 0 amide bonds. The second-order valence-corrected chi connectivity index (χ2v) is 6.39. The highest BCUT2D eigenvalue weighted by Crippen LogP contribution is 2.27. The van der Waals surface area contributed by atoms with Gasteiger partial charge < -0.3 is 14.6 Å². The van der Waals surface area contributed by atoms with E-state index in [4.69, 9.17) is 14.6 Å². The van der Waals surface area contributed by atoms with E-state index in [0.29, 0.717) is 25.6 Å². The summed E-state index contributed by atoms with van der Waals surface area (Å²) in [5.41, 5.74) is 3.26. The highest BCUT2D eigenvalue weighted by molar-refractivity contribution is 5.67. The predicted molar refractivity (Wildman–Crippen MR) is 98.7 cm³/mol. The lowest BCUT2D eigenvalue weighted by atomic mass is 10.0. The monoisotopic (exact) mass is 342 g/mol. The van der Waals surface area contributed by atoms with Gasteiger partial charge in [-0.1, -0.05) is 44.2 Å². The van der Waals surface area contributed by atoms with Gasteiger partial charge in [0.1, 0.15) is 24.7 Å². The summed E-state index contributed by atoms with van der Waals surface area (Å²) in [7, 11) is 0. The zero-order valence-electron chi connectivity index (χ0n) is 15.1. The number of carboxylic acids is 1. The van der Waals surface area contributed by atoms with Crippen molar-refractivity contribution in [1.29, 1.82) is 0 Å². The molecule has 25 heavy (non-hydrogen) atoms. The normalized spacial score (nSPS) is 10.7. The van der Waals surface area contributed by atoms with Crippen molar-refractivity contribution in [2.24, 2.45) is 0 Å². The molecule has 0 saturated heterocycles. The lowest BCUT2D eigenvalue weighted by Crippen LogP contribution is -2.11. The minimum atomic E-state index is -0.807. The van der Waals surface area contributed by atoms with Crippen LogP contribution in [0.15, 0.2) is 42.5 Å². The Hall–Kier alpha value is -2.49. The van der Waals surface area contributed by atoms with E-state index in [2.05, 4.69) is 32.0 Å². The molecule has 4 heteroatoms. The van der Waals surface area contributed by atoms with E-state index in [1.54, 1.807) is 0 Å². The molecule has 0 saturated carbocycles. The SMILES string of the molecule is Cc1ccc(C(C)C)c(OCCOc2ccccc2CCC(=O)O)c1. The molecule has 0 aromatic heterocycles. The van der Waals surface area contributed by atoms with Crippen molar-refractivity contribution in [3.8, 4) is 11.5 Å². The first kappa shape index (κ1) is 18.8. The van der Waals surface area contributed by atoms with Gasteiger partial charge in [0.25, 0.3) is 0 Å². The van der Waals surface area contributed by atoms with Crippen molar-refractivity contribution in [3.05, 3.63) is 59.2 Å². The fraction of sp³-hybridized carbons (Fsp3) is 0.381. The van der Waals surface area contributed by atoms with E-state index in [1.165, 1.54) is 11.1 Å². The zero-order chi connectivity index (χ0) is 18.2. The van der Waals surface area contributed by atoms with E-state index < -0.39 is 5.97 Å². The van der Waals surface area contributed by atoms with E-state index >= 15 is 0 Å². The number of para-hydroxylation sites is 1. The van der Waals surface area contributed by atoms with Crippen LogP contribution in [-0.2, 0) is 11.2 Å². The Bertz CT molecular complexity index is 707. The van der Waals surface area contributed by atoms with Crippen LogP contribution in [0.4, 0.5) is 0 Å². The van der Waals surface area contributed by atoms with E-state index in [0.717, 1.165) is 17.1 Å².